The lowest BCUT2D eigenvalue weighted by Gasteiger charge is -2.12. The highest BCUT2D eigenvalue weighted by Gasteiger charge is 2.24. The predicted octanol–water partition coefficient (Wildman–Crippen LogP) is 1.01. The number of amides is 1. The molecule has 0 heterocycles. The van der Waals surface area contributed by atoms with Crippen LogP contribution in [0.25, 0.3) is 0 Å². The van der Waals surface area contributed by atoms with Gasteiger partial charge in [-0.25, -0.2) is 0 Å². The molecule has 2 aromatic rings. The minimum Gasteiger partial charge on any atom is -0.398 e. The minimum absolute atomic E-state index is 0.156. The van der Waals surface area contributed by atoms with E-state index >= 15 is 0 Å². The molecule has 0 aliphatic heterocycles. The van der Waals surface area contributed by atoms with Gasteiger partial charge in [0.1, 0.15) is 9.79 Å². The average molecular weight is 372 g/mol. The lowest BCUT2D eigenvalue weighted by atomic mass is 10.2. The lowest BCUT2D eigenvalue weighted by Crippen LogP contribution is -2.16. The first-order chi connectivity index (χ1) is 11.0. The molecule has 0 spiro atoms. The van der Waals surface area contributed by atoms with Gasteiger partial charge in [0.15, 0.2) is 0 Å². The third-order valence-corrected chi connectivity index (χ3v) is 4.75. The van der Waals surface area contributed by atoms with E-state index in [-0.39, 0.29) is 5.56 Å². The van der Waals surface area contributed by atoms with Crippen molar-refractivity contribution >= 4 is 37.5 Å². The fraction of sp³-hybridized carbons (Fsp3) is 0. The summed E-state index contributed by atoms with van der Waals surface area (Å²) < 4.78 is 63.7. The summed E-state index contributed by atoms with van der Waals surface area (Å²) >= 11 is 0. The molecule has 0 unspecified atom stereocenters. The summed E-state index contributed by atoms with van der Waals surface area (Å²) in [6, 6.07) is 8.91. The van der Waals surface area contributed by atoms with E-state index in [0.717, 1.165) is 0 Å². The Kier molecular flexibility index (Phi) is 4.62. The molecule has 0 radical (unpaired) electrons. The number of carbonyl (C=O) groups excluding carboxylic acids is 1. The standard InChI is InChI=1S/C13H12N2O7S2/c14-9-6-12(24(20,21)22)10(7-11(9)23(17,18)19)15-13(16)8-4-2-1-3-5-8/h1-7H,14H2,(H,15,16)(H,17,18,19)(H,20,21,22). The van der Waals surface area contributed by atoms with Gasteiger partial charge in [-0.2, -0.15) is 16.8 Å². The molecule has 0 aliphatic carbocycles. The van der Waals surface area contributed by atoms with E-state index in [4.69, 9.17) is 10.3 Å². The molecule has 11 heteroatoms. The van der Waals surface area contributed by atoms with Crippen molar-refractivity contribution in [2.24, 2.45) is 0 Å². The van der Waals surface area contributed by atoms with Crippen LogP contribution in [0, 0.1) is 0 Å². The topological polar surface area (TPSA) is 164 Å². The molecular formula is C13H12N2O7S2. The quantitative estimate of drug-likeness (QED) is 0.456. The van der Waals surface area contributed by atoms with Crippen LogP contribution in [0.5, 0.6) is 0 Å². The Labute approximate surface area is 137 Å². The van der Waals surface area contributed by atoms with E-state index in [2.05, 4.69) is 5.32 Å². The fourth-order valence-electron chi connectivity index (χ4n) is 1.89. The summed E-state index contributed by atoms with van der Waals surface area (Å²) in [6.45, 7) is 0. The zero-order valence-corrected chi connectivity index (χ0v) is 13.5. The SMILES string of the molecule is Nc1cc(S(=O)(=O)O)c(NC(=O)c2ccccc2)cc1S(=O)(=O)O. The van der Waals surface area contributed by atoms with Crippen LogP contribution in [0.15, 0.2) is 52.3 Å². The maximum atomic E-state index is 12.1. The normalized spacial score (nSPS) is 11.9. The van der Waals surface area contributed by atoms with Crippen molar-refractivity contribution in [3.8, 4) is 0 Å². The van der Waals surface area contributed by atoms with Crippen LogP contribution < -0.4 is 11.1 Å². The highest BCUT2D eigenvalue weighted by Crippen LogP contribution is 2.30. The number of nitrogens with one attached hydrogen (secondary N) is 1. The van der Waals surface area contributed by atoms with Gasteiger partial charge in [0.05, 0.1) is 11.4 Å². The zero-order valence-electron chi connectivity index (χ0n) is 11.9. The molecule has 0 saturated heterocycles. The van der Waals surface area contributed by atoms with Crippen molar-refractivity contribution in [1.29, 1.82) is 0 Å². The van der Waals surface area contributed by atoms with Crippen LogP contribution >= 0.6 is 0 Å². The van der Waals surface area contributed by atoms with Crippen LogP contribution in [-0.2, 0) is 20.2 Å². The van der Waals surface area contributed by atoms with Crippen LogP contribution in [-0.4, -0.2) is 31.8 Å². The number of anilines is 2. The zero-order chi connectivity index (χ0) is 18.1. The molecule has 128 valence electrons. The molecule has 0 aliphatic rings. The Hall–Kier alpha value is -2.47. The van der Waals surface area contributed by atoms with E-state index in [1.807, 2.05) is 0 Å². The molecule has 1 amide bonds. The van der Waals surface area contributed by atoms with Crippen molar-refractivity contribution in [1.82, 2.24) is 0 Å². The highest BCUT2D eigenvalue weighted by molar-refractivity contribution is 7.86. The van der Waals surface area contributed by atoms with E-state index in [9.17, 15) is 26.2 Å². The molecule has 0 bridgehead atoms. The van der Waals surface area contributed by atoms with E-state index in [1.165, 1.54) is 12.1 Å². The molecule has 0 aromatic heterocycles. The molecule has 5 N–H and O–H groups in total. The van der Waals surface area contributed by atoms with Crippen LogP contribution in [0.2, 0.25) is 0 Å². The van der Waals surface area contributed by atoms with Gasteiger partial charge in [-0.3, -0.25) is 13.9 Å². The Morgan fingerprint density at radius 3 is 1.96 bits per heavy atom. The van der Waals surface area contributed by atoms with Crippen molar-refractivity contribution in [3.05, 3.63) is 48.0 Å². The Balaban J connectivity index is 2.60. The van der Waals surface area contributed by atoms with Crippen LogP contribution in [0.4, 0.5) is 11.4 Å². The molecule has 0 fully saturated rings. The largest absolute Gasteiger partial charge is 0.398 e. The number of rotatable bonds is 4. The smallest absolute Gasteiger partial charge is 0.296 e. The Bertz CT molecular complexity index is 1000. The number of carbonyl (C=O) groups is 1. The second kappa shape index (κ2) is 6.20. The van der Waals surface area contributed by atoms with Crippen LogP contribution in [0.1, 0.15) is 10.4 Å². The second-order valence-corrected chi connectivity index (χ2v) is 7.44. The molecular weight excluding hydrogens is 360 g/mol. The van der Waals surface area contributed by atoms with Gasteiger partial charge in [-0.15, -0.1) is 0 Å². The number of hydrogen-bond acceptors (Lipinski definition) is 6. The number of nitrogen functional groups attached to an aromatic ring is 1. The molecule has 0 atom stereocenters. The van der Waals surface area contributed by atoms with Gasteiger partial charge in [0, 0.05) is 5.56 Å². The van der Waals surface area contributed by atoms with Crippen molar-refractivity contribution in [2.45, 2.75) is 9.79 Å². The summed E-state index contributed by atoms with van der Waals surface area (Å²) in [6.07, 6.45) is 0. The summed E-state index contributed by atoms with van der Waals surface area (Å²) in [4.78, 5) is 10.5. The molecule has 2 aromatic carbocycles. The predicted molar refractivity (Wildman–Crippen MR) is 84.9 cm³/mol. The minimum atomic E-state index is -4.82. The van der Waals surface area contributed by atoms with Gasteiger partial charge < -0.3 is 11.1 Å². The van der Waals surface area contributed by atoms with Crippen molar-refractivity contribution < 1.29 is 30.7 Å². The lowest BCUT2D eigenvalue weighted by molar-refractivity contribution is 0.102. The third kappa shape index (κ3) is 3.89. The van der Waals surface area contributed by atoms with Gasteiger partial charge in [-0.05, 0) is 24.3 Å². The average Bonchev–Trinajstić information content (AvgIpc) is 2.47. The van der Waals surface area contributed by atoms with E-state index < -0.39 is 47.3 Å². The second-order valence-electron chi connectivity index (χ2n) is 4.66. The van der Waals surface area contributed by atoms with Gasteiger partial charge >= 0.3 is 0 Å². The first-order valence-electron chi connectivity index (χ1n) is 6.25. The highest BCUT2D eigenvalue weighted by atomic mass is 32.2. The van der Waals surface area contributed by atoms with Gasteiger partial charge in [0.25, 0.3) is 26.1 Å². The summed E-state index contributed by atoms with van der Waals surface area (Å²) in [5.74, 6) is -0.758. The maximum absolute atomic E-state index is 12.1. The first kappa shape index (κ1) is 17.9. The van der Waals surface area contributed by atoms with E-state index in [1.54, 1.807) is 18.2 Å². The number of nitrogens with two attached hydrogens (primary N) is 1. The van der Waals surface area contributed by atoms with Gasteiger partial charge in [0.2, 0.25) is 0 Å². The summed E-state index contributed by atoms with van der Waals surface area (Å²) in [5.41, 5.74) is 4.39. The fourth-order valence-corrected chi connectivity index (χ4v) is 3.18. The molecule has 9 nitrogen and oxygen atoms in total. The van der Waals surface area contributed by atoms with Crippen molar-refractivity contribution in [2.75, 3.05) is 11.1 Å². The first-order valence-corrected chi connectivity index (χ1v) is 9.13. The third-order valence-electron chi connectivity index (χ3n) is 2.95. The maximum Gasteiger partial charge on any atom is 0.296 e. The molecule has 24 heavy (non-hydrogen) atoms. The number of hydrogen-bond donors (Lipinski definition) is 4. The van der Waals surface area contributed by atoms with Gasteiger partial charge in [-0.1, -0.05) is 18.2 Å². The van der Waals surface area contributed by atoms with Crippen LogP contribution in [0.3, 0.4) is 0 Å². The van der Waals surface area contributed by atoms with Crippen molar-refractivity contribution in [3.63, 3.8) is 0 Å². The molecule has 0 saturated carbocycles. The molecule has 2 rings (SSSR count). The van der Waals surface area contributed by atoms with E-state index in [0.29, 0.717) is 12.1 Å². The summed E-state index contributed by atoms with van der Waals surface area (Å²) in [5, 5.41) is 2.16. The summed E-state index contributed by atoms with van der Waals surface area (Å²) in [7, 11) is -9.59. The Morgan fingerprint density at radius 1 is 0.917 bits per heavy atom. The number of benzene rings is 2. The Morgan fingerprint density at radius 2 is 1.46 bits per heavy atom. The monoisotopic (exact) mass is 372 g/mol.